The lowest BCUT2D eigenvalue weighted by Gasteiger charge is -2.41. The maximum Gasteiger partial charge on any atom is 0.229 e. The molecule has 4 heteroatoms. The van der Waals surface area contributed by atoms with E-state index >= 15 is 0 Å². The minimum atomic E-state index is -0.271. The molecule has 0 unspecified atom stereocenters. The number of piperidine rings is 1. The molecule has 0 spiro atoms. The molecule has 0 aromatic heterocycles. The molecule has 2 heterocycles. The molecule has 2 fully saturated rings. The van der Waals surface area contributed by atoms with Gasteiger partial charge in [-0.1, -0.05) is 68.4 Å². The van der Waals surface area contributed by atoms with E-state index in [4.69, 9.17) is 0 Å². The van der Waals surface area contributed by atoms with Gasteiger partial charge in [0, 0.05) is 19.1 Å². The van der Waals surface area contributed by atoms with E-state index in [1.54, 1.807) is 12.1 Å². The Labute approximate surface area is 233 Å². The number of hydrogen-bond acceptors (Lipinski definition) is 2. The Balaban J connectivity index is 1.13. The monoisotopic (exact) mass is 524 g/mol. The van der Waals surface area contributed by atoms with Crippen LogP contribution in [0.3, 0.4) is 0 Å². The number of fused-ring (bicyclic) bond motifs is 1. The van der Waals surface area contributed by atoms with Gasteiger partial charge in [-0.15, -0.1) is 0 Å². The van der Waals surface area contributed by atoms with Crippen LogP contribution in [0.25, 0.3) is 11.1 Å². The van der Waals surface area contributed by atoms with Crippen molar-refractivity contribution in [2.24, 2.45) is 11.3 Å². The van der Waals surface area contributed by atoms with Gasteiger partial charge < -0.3 is 9.80 Å². The maximum atomic E-state index is 14.3. The van der Waals surface area contributed by atoms with Gasteiger partial charge >= 0.3 is 0 Å². The average molecular weight is 525 g/mol. The van der Waals surface area contributed by atoms with Crippen LogP contribution in [0, 0.1) is 17.2 Å². The molecule has 0 radical (unpaired) electrons. The van der Waals surface area contributed by atoms with Gasteiger partial charge in [0.2, 0.25) is 5.91 Å². The van der Waals surface area contributed by atoms with Gasteiger partial charge in [0.25, 0.3) is 0 Å². The summed E-state index contributed by atoms with van der Waals surface area (Å²) in [5.74, 6) is 1.04. The molecule has 3 aromatic rings. The molecule has 2 aliphatic heterocycles. The summed E-state index contributed by atoms with van der Waals surface area (Å²) in [7, 11) is 0. The molecular weight excluding hydrogens is 483 g/mol. The number of nitrogens with zero attached hydrogens (tertiary/aromatic N) is 2. The first-order valence-corrected chi connectivity index (χ1v) is 14.9. The van der Waals surface area contributed by atoms with Crippen LogP contribution in [0.2, 0.25) is 0 Å². The lowest BCUT2D eigenvalue weighted by Crippen LogP contribution is -2.48. The number of hydrogen-bond donors (Lipinski definition) is 0. The van der Waals surface area contributed by atoms with E-state index in [0.29, 0.717) is 23.8 Å². The lowest BCUT2D eigenvalue weighted by molar-refractivity contribution is -0.146. The van der Waals surface area contributed by atoms with Crippen molar-refractivity contribution >= 4 is 5.91 Å². The summed E-state index contributed by atoms with van der Waals surface area (Å²) < 4.78 is 13.4. The standard InChI is InChI=1S/C35H41FN2O/c1-25(2)35(18-14-33(23-35)37-19-15-29(16-20-37)27-10-12-32(36)13-11-27)34(39)38-21-17-28-8-9-30(22-31(28)24-38)26-6-4-3-5-7-26/h3-13,22,25,29,33H,14-21,23-24H2,1-2H3/t33-,35+/m1/s1. The van der Waals surface area contributed by atoms with Crippen molar-refractivity contribution in [2.45, 2.75) is 70.9 Å². The Morgan fingerprint density at radius 1 is 0.872 bits per heavy atom. The molecule has 2 atom stereocenters. The van der Waals surface area contributed by atoms with Gasteiger partial charge in [-0.05, 0) is 109 Å². The van der Waals surface area contributed by atoms with Crippen molar-refractivity contribution in [2.75, 3.05) is 19.6 Å². The molecule has 204 valence electrons. The van der Waals surface area contributed by atoms with Crippen LogP contribution >= 0.6 is 0 Å². The average Bonchev–Trinajstić information content (AvgIpc) is 3.44. The molecule has 1 aliphatic carbocycles. The molecule has 1 saturated heterocycles. The summed E-state index contributed by atoms with van der Waals surface area (Å²) in [6.07, 6.45) is 6.21. The molecule has 1 saturated carbocycles. The van der Waals surface area contributed by atoms with E-state index in [0.717, 1.165) is 64.7 Å². The van der Waals surface area contributed by atoms with E-state index in [2.05, 4.69) is 72.2 Å². The first kappa shape index (κ1) is 26.3. The SMILES string of the molecule is CC(C)[C@]1(C(=O)N2CCc3ccc(-c4ccccc4)cc3C2)CC[C@@H](N2CCC(c3ccc(F)cc3)CC2)C1. The molecule has 1 amide bonds. The van der Waals surface area contributed by atoms with Crippen molar-refractivity contribution in [1.82, 2.24) is 9.80 Å². The predicted octanol–water partition coefficient (Wildman–Crippen LogP) is 7.45. The maximum absolute atomic E-state index is 14.3. The second-order valence-electron chi connectivity index (χ2n) is 12.4. The fraction of sp³-hybridized carbons (Fsp3) is 0.457. The summed E-state index contributed by atoms with van der Waals surface area (Å²) in [4.78, 5) is 19.1. The largest absolute Gasteiger partial charge is 0.338 e. The summed E-state index contributed by atoms with van der Waals surface area (Å²) in [5, 5.41) is 0. The molecule has 0 bridgehead atoms. The van der Waals surface area contributed by atoms with Gasteiger partial charge in [-0.25, -0.2) is 4.39 Å². The minimum Gasteiger partial charge on any atom is -0.338 e. The zero-order valence-electron chi connectivity index (χ0n) is 23.4. The molecule has 6 rings (SSSR count). The number of benzene rings is 3. The Hall–Kier alpha value is -2.98. The van der Waals surface area contributed by atoms with Crippen LogP contribution in [0.15, 0.2) is 72.8 Å². The zero-order chi connectivity index (χ0) is 27.0. The van der Waals surface area contributed by atoms with Crippen LogP contribution in [-0.2, 0) is 17.8 Å². The smallest absolute Gasteiger partial charge is 0.229 e. The summed E-state index contributed by atoms with van der Waals surface area (Å²) in [6, 6.07) is 24.9. The Kier molecular flexibility index (Phi) is 7.33. The van der Waals surface area contributed by atoms with Gasteiger partial charge in [-0.3, -0.25) is 4.79 Å². The van der Waals surface area contributed by atoms with Crippen LogP contribution in [0.5, 0.6) is 0 Å². The van der Waals surface area contributed by atoms with E-state index in [-0.39, 0.29) is 11.2 Å². The number of likely N-dealkylation sites (tertiary alicyclic amines) is 1. The van der Waals surface area contributed by atoms with Gasteiger partial charge in [0.05, 0.1) is 5.41 Å². The van der Waals surface area contributed by atoms with Crippen molar-refractivity contribution < 1.29 is 9.18 Å². The molecule has 3 aromatic carbocycles. The van der Waals surface area contributed by atoms with Crippen molar-refractivity contribution in [1.29, 1.82) is 0 Å². The van der Waals surface area contributed by atoms with Crippen molar-refractivity contribution in [3.05, 3.63) is 95.3 Å². The quantitative estimate of drug-likeness (QED) is 0.346. The lowest BCUT2D eigenvalue weighted by atomic mass is 9.73. The fourth-order valence-electron chi connectivity index (χ4n) is 7.51. The Morgan fingerprint density at radius 3 is 2.33 bits per heavy atom. The van der Waals surface area contributed by atoms with E-state index in [1.807, 2.05) is 12.1 Å². The van der Waals surface area contributed by atoms with E-state index in [1.165, 1.54) is 27.8 Å². The number of amides is 1. The molecule has 39 heavy (non-hydrogen) atoms. The minimum absolute atomic E-state index is 0.161. The topological polar surface area (TPSA) is 23.6 Å². The second kappa shape index (κ2) is 10.9. The first-order valence-electron chi connectivity index (χ1n) is 14.9. The van der Waals surface area contributed by atoms with Crippen molar-refractivity contribution in [3.63, 3.8) is 0 Å². The summed E-state index contributed by atoms with van der Waals surface area (Å²) >= 11 is 0. The van der Waals surface area contributed by atoms with Crippen LogP contribution in [0.4, 0.5) is 4.39 Å². The fourth-order valence-corrected chi connectivity index (χ4v) is 7.51. The highest BCUT2D eigenvalue weighted by molar-refractivity contribution is 5.84. The van der Waals surface area contributed by atoms with Gasteiger partial charge in [0.15, 0.2) is 0 Å². The highest BCUT2D eigenvalue weighted by atomic mass is 19.1. The van der Waals surface area contributed by atoms with E-state index in [9.17, 15) is 9.18 Å². The molecule has 3 aliphatic rings. The van der Waals surface area contributed by atoms with E-state index < -0.39 is 0 Å². The zero-order valence-corrected chi connectivity index (χ0v) is 23.4. The number of carbonyl (C=O) groups is 1. The highest BCUT2D eigenvalue weighted by Crippen LogP contribution is 2.48. The Bertz CT molecular complexity index is 1300. The third-order valence-corrected chi connectivity index (χ3v) is 10.1. The molecule has 0 N–H and O–H groups in total. The first-order chi connectivity index (χ1) is 18.9. The van der Waals surface area contributed by atoms with Crippen LogP contribution in [0.1, 0.15) is 68.6 Å². The summed E-state index contributed by atoms with van der Waals surface area (Å²) in [6.45, 7) is 8.18. The van der Waals surface area contributed by atoms with Gasteiger partial charge in [-0.2, -0.15) is 0 Å². The normalized spacial score (nSPS) is 24.2. The summed E-state index contributed by atoms with van der Waals surface area (Å²) in [5.41, 5.74) is 6.12. The highest BCUT2D eigenvalue weighted by Gasteiger charge is 2.50. The molecular formula is C35H41FN2O. The second-order valence-corrected chi connectivity index (χ2v) is 12.4. The Morgan fingerprint density at radius 2 is 1.62 bits per heavy atom. The van der Waals surface area contributed by atoms with Crippen LogP contribution in [-0.4, -0.2) is 41.4 Å². The number of carbonyl (C=O) groups excluding carboxylic acids is 1. The van der Waals surface area contributed by atoms with Crippen LogP contribution < -0.4 is 0 Å². The third kappa shape index (κ3) is 5.16. The number of rotatable bonds is 5. The van der Waals surface area contributed by atoms with Crippen molar-refractivity contribution in [3.8, 4) is 11.1 Å². The number of halogens is 1. The van der Waals surface area contributed by atoms with Gasteiger partial charge in [0.1, 0.15) is 5.82 Å². The third-order valence-electron chi connectivity index (χ3n) is 10.1. The predicted molar refractivity (Wildman–Crippen MR) is 156 cm³/mol. The molecule has 3 nitrogen and oxygen atoms in total.